The molecule has 236 valence electrons. The van der Waals surface area contributed by atoms with Crippen molar-refractivity contribution in [3.05, 3.63) is 133 Å². The maximum Gasteiger partial charge on any atom is 0.416 e. The van der Waals surface area contributed by atoms with E-state index in [0.717, 1.165) is 33.5 Å². The lowest BCUT2D eigenvalue weighted by atomic mass is 9.85. The number of hydrogen-bond donors (Lipinski definition) is 1. The molecule has 0 unspecified atom stereocenters. The molecular weight excluding hydrogens is 597 g/mol. The van der Waals surface area contributed by atoms with E-state index in [4.69, 9.17) is 10.5 Å². The number of halogens is 5. The Labute approximate surface area is 254 Å². The molecular formula is C32H30F5N5O3. The van der Waals surface area contributed by atoms with Crippen molar-refractivity contribution in [3.63, 3.8) is 0 Å². The van der Waals surface area contributed by atoms with Crippen LogP contribution in [0.25, 0.3) is 0 Å². The number of nitrogens with two attached hydrogens (primary N) is 1. The second-order valence-corrected chi connectivity index (χ2v) is 11.5. The van der Waals surface area contributed by atoms with Crippen molar-refractivity contribution in [2.75, 3.05) is 13.1 Å². The Hall–Kier alpha value is -4.20. The number of ether oxygens (including phenoxy) is 1. The van der Waals surface area contributed by atoms with Crippen LogP contribution >= 0.6 is 0 Å². The monoisotopic (exact) mass is 627 g/mol. The van der Waals surface area contributed by atoms with Crippen molar-refractivity contribution >= 4 is 0 Å². The number of nitrogens with zero attached hydrogens (tertiary/aromatic N) is 4. The Morgan fingerprint density at radius 2 is 1.69 bits per heavy atom. The number of aromatic nitrogens is 3. The average molecular weight is 628 g/mol. The van der Waals surface area contributed by atoms with Gasteiger partial charge in [-0.3, -0.25) is 23.8 Å². The van der Waals surface area contributed by atoms with Gasteiger partial charge in [-0.2, -0.15) is 13.2 Å². The summed E-state index contributed by atoms with van der Waals surface area (Å²) in [4.78, 5) is 34.0. The highest BCUT2D eigenvalue weighted by Crippen LogP contribution is 2.43. The Morgan fingerprint density at radius 1 is 0.956 bits per heavy atom. The van der Waals surface area contributed by atoms with Gasteiger partial charge in [0, 0.05) is 37.4 Å². The molecule has 0 aliphatic carbocycles. The normalized spacial score (nSPS) is 17.0. The lowest BCUT2D eigenvalue weighted by molar-refractivity contribution is -0.138. The molecule has 0 amide bonds. The molecule has 0 bridgehead atoms. The highest BCUT2D eigenvalue weighted by atomic mass is 19.4. The van der Waals surface area contributed by atoms with Crippen LogP contribution in [0.15, 0.2) is 76.6 Å². The van der Waals surface area contributed by atoms with Gasteiger partial charge in [0.2, 0.25) is 0 Å². The van der Waals surface area contributed by atoms with Crippen LogP contribution in [0, 0.1) is 11.6 Å². The van der Waals surface area contributed by atoms with Gasteiger partial charge in [0.05, 0.1) is 42.7 Å². The molecule has 13 heteroatoms. The molecule has 8 nitrogen and oxygen atoms in total. The molecule has 1 fully saturated rings. The summed E-state index contributed by atoms with van der Waals surface area (Å²) in [5.41, 5.74) is 3.42. The van der Waals surface area contributed by atoms with Crippen molar-refractivity contribution in [2.24, 2.45) is 5.73 Å². The highest BCUT2D eigenvalue weighted by Gasteiger charge is 2.47. The predicted octanol–water partition coefficient (Wildman–Crippen LogP) is 4.47. The average Bonchev–Trinajstić information content (AvgIpc) is 3.37. The van der Waals surface area contributed by atoms with Gasteiger partial charge in [-0.1, -0.05) is 36.4 Å². The fourth-order valence-electron chi connectivity index (χ4n) is 6.36. The van der Waals surface area contributed by atoms with E-state index in [-0.39, 0.29) is 24.4 Å². The largest absolute Gasteiger partial charge is 0.416 e. The first-order valence-corrected chi connectivity index (χ1v) is 14.4. The molecule has 45 heavy (non-hydrogen) atoms. The molecule has 2 aromatic heterocycles. The standard InChI is InChI=1S/C32H30F5N5O3/c33-22-13-20(14-39-15-22)16-40-11-9-31(10-12-40)28-27(19-45-31)41(17-23-24(32(35,36)37)7-4-8-25(23)34)30(44)42(29(28)43)18-26(38)21-5-2-1-3-6-21/h1-8,13-15,26H,9-12,16-19,38H2/t26-/m0/s1. The molecule has 2 aromatic carbocycles. The highest BCUT2D eigenvalue weighted by molar-refractivity contribution is 5.35. The Balaban J connectivity index is 1.42. The second kappa shape index (κ2) is 12.0. The van der Waals surface area contributed by atoms with E-state index < -0.39 is 58.4 Å². The fourth-order valence-corrected chi connectivity index (χ4v) is 6.36. The van der Waals surface area contributed by atoms with Crippen LogP contribution in [0.1, 0.15) is 52.4 Å². The molecule has 1 spiro atoms. The van der Waals surface area contributed by atoms with E-state index in [2.05, 4.69) is 9.88 Å². The Bertz CT molecular complexity index is 1830. The SMILES string of the molecule is N[C@@H](Cn1c(=O)c2c(n(Cc3c(F)cccc3C(F)(F)F)c1=O)COC21CCN(Cc2cncc(F)c2)CC1)c1ccccc1. The first-order chi connectivity index (χ1) is 21.5. The van der Waals surface area contributed by atoms with Crippen LogP contribution in [0.4, 0.5) is 22.0 Å². The van der Waals surface area contributed by atoms with Crippen molar-refractivity contribution in [1.29, 1.82) is 0 Å². The summed E-state index contributed by atoms with van der Waals surface area (Å²) in [5, 5.41) is 0. The van der Waals surface area contributed by atoms with Crippen molar-refractivity contribution in [1.82, 2.24) is 19.0 Å². The maximum atomic E-state index is 15.0. The van der Waals surface area contributed by atoms with E-state index in [1.165, 1.54) is 6.07 Å². The first-order valence-electron chi connectivity index (χ1n) is 14.4. The molecule has 0 radical (unpaired) electrons. The molecule has 4 heterocycles. The summed E-state index contributed by atoms with van der Waals surface area (Å²) in [6.45, 7) is 0.0772. The van der Waals surface area contributed by atoms with Crippen LogP contribution < -0.4 is 17.0 Å². The van der Waals surface area contributed by atoms with Gasteiger partial charge in [-0.15, -0.1) is 0 Å². The summed E-state index contributed by atoms with van der Waals surface area (Å²) in [6.07, 6.45) is -1.54. The molecule has 2 N–H and O–H groups in total. The molecule has 2 aliphatic heterocycles. The van der Waals surface area contributed by atoms with Crippen molar-refractivity contribution < 1.29 is 26.7 Å². The zero-order valence-corrected chi connectivity index (χ0v) is 24.1. The minimum absolute atomic E-state index is 0.119. The van der Waals surface area contributed by atoms with Gasteiger partial charge in [0.25, 0.3) is 5.56 Å². The molecule has 1 atom stereocenters. The molecule has 4 aromatic rings. The lowest BCUT2D eigenvalue weighted by Gasteiger charge is -2.38. The molecule has 0 saturated carbocycles. The number of piperidine rings is 1. The number of pyridine rings is 1. The number of rotatable bonds is 7. The van der Waals surface area contributed by atoms with Gasteiger partial charge < -0.3 is 10.5 Å². The van der Waals surface area contributed by atoms with Crippen LogP contribution in [-0.2, 0) is 42.8 Å². The smallest absolute Gasteiger partial charge is 0.364 e. The molecule has 1 saturated heterocycles. The summed E-state index contributed by atoms with van der Waals surface area (Å²) in [6, 6.07) is 12.0. The summed E-state index contributed by atoms with van der Waals surface area (Å²) >= 11 is 0. The summed E-state index contributed by atoms with van der Waals surface area (Å²) in [7, 11) is 0. The van der Waals surface area contributed by atoms with Crippen LogP contribution in [-0.4, -0.2) is 32.1 Å². The van der Waals surface area contributed by atoms with Gasteiger partial charge >= 0.3 is 11.9 Å². The minimum atomic E-state index is -4.88. The maximum absolute atomic E-state index is 15.0. The third kappa shape index (κ3) is 5.95. The summed E-state index contributed by atoms with van der Waals surface area (Å²) in [5.74, 6) is -1.58. The zero-order valence-electron chi connectivity index (χ0n) is 24.1. The zero-order chi connectivity index (χ0) is 31.9. The van der Waals surface area contributed by atoms with Crippen LogP contribution in [0.2, 0.25) is 0 Å². The number of likely N-dealkylation sites (tertiary alicyclic amines) is 1. The van der Waals surface area contributed by atoms with E-state index in [0.29, 0.717) is 43.6 Å². The first kappa shape index (κ1) is 30.8. The van der Waals surface area contributed by atoms with Gasteiger partial charge in [0.1, 0.15) is 17.2 Å². The number of fused-ring (bicyclic) bond motifs is 2. The minimum Gasteiger partial charge on any atom is -0.364 e. The quantitative estimate of drug-likeness (QED) is 0.304. The Morgan fingerprint density at radius 3 is 2.38 bits per heavy atom. The topological polar surface area (TPSA) is 95.4 Å². The number of alkyl halides is 3. The number of benzene rings is 2. The second-order valence-electron chi connectivity index (χ2n) is 11.5. The van der Waals surface area contributed by atoms with Crippen LogP contribution in [0.5, 0.6) is 0 Å². The van der Waals surface area contributed by atoms with E-state index in [9.17, 15) is 31.5 Å². The summed E-state index contributed by atoms with van der Waals surface area (Å²) < 4.78 is 78.6. The lowest BCUT2D eigenvalue weighted by Crippen LogP contribution is -2.49. The molecule has 2 aliphatic rings. The van der Waals surface area contributed by atoms with Crippen molar-refractivity contribution in [3.8, 4) is 0 Å². The number of hydrogen-bond acceptors (Lipinski definition) is 6. The van der Waals surface area contributed by atoms with E-state index in [1.807, 2.05) is 0 Å². The van der Waals surface area contributed by atoms with Crippen molar-refractivity contribution in [2.45, 2.75) is 56.9 Å². The van der Waals surface area contributed by atoms with Gasteiger partial charge in [0.15, 0.2) is 0 Å². The molecule has 6 rings (SSSR count). The van der Waals surface area contributed by atoms with Crippen LogP contribution in [0.3, 0.4) is 0 Å². The third-order valence-electron chi connectivity index (χ3n) is 8.65. The third-order valence-corrected chi connectivity index (χ3v) is 8.65. The van der Waals surface area contributed by atoms with E-state index >= 15 is 0 Å². The Kier molecular flexibility index (Phi) is 8.18. The predicted molar refractivity (Wildman–Crippen MR) is 154 cm³/mol. The van der Waals surface area contributed by atoms with E-state index in [1.54, 1.807) is 36.5 Å². The van der Waals surface area contributed by atoms with Gasteiger partial charge in [-0.05, 0) is 42.2 Å². The fraction of sp³-hybridized carbons (Fsp3) is 0.344. The van der Waals surface area contributed by atoms with Gasteiger partial charge in [-0.25, -0.2) is 13.6 Å².